The number of nitrogen functional groups attached to an aromatic ring is 1. The number of fused-ring (bicyclic) bond motifs is 2. The number of pyridine rings is 4. The molecular formula is C59H58F2IN11O9S2. The number of nitriles is 1. The van der Waals surface area contributed by atoms with Crippen molar-refractivity contribution in [1.29, 1.82) is 5.26 Å². The number of benzene rings is 3. The maximum Gasteiger partial charge on any atom is 0.306 e. The van der Waals surface area contributed by atoms with Gasteiger partial charge in [-0.25, -0.2) is 13.8 Å². The van der Waals surface area contributed by atoms with Gasteiger partial charge in [-0.05, 0) is 125 Å². The summed E-state index contributed by atoms with van der Waals surface area (Å²) in [7, 11) is 4.24. The smallest absolute Gasteiger partial charge is 0.306 e. The minimum absolute atomic E-state index is 0.0225. The number of alkyl halides is 2. The van der Waals surface area contributed by atoms with Crippen molar-refractivity contribution in [3.63, 3.8) is 0 Å². The second-order valence-electron chi connectivity index (χ2n) is 19.3. The number of likely N-dealkylation sites (tertiary alicyclic amines) is 1. The number of methoxy groups -OCH3 is 1. The third-order valence-electron chi connectivity index (χ3n) is 13.2. The number of aryl methyl sites for hydroxylation is 1. The third kappa shape index (κ3) is 17.4. The number of nitrogens with one attached hydrogen (secondary N) is 4. The lowest BCUT2D eigenvalue weighted by Gasteiger charge is -2.19. The highest BCUT2D eigenvalue weighted by atomic mass is 127. The summed E-state index contributed by atoms with van der Waals surface area (Å²) < 4.78 is 45.6. The summed E-state index contributed by atoms with van der Waals surface area (Å²) in [5.41, 5.74) is 13.0. The summed E-state index contributed by atoms with van der Waals surface area (Å²) in [5.74, 6) is -5.32. The van der Waals surface area contributed by atoms with E-state index < -0.39 is 73.7 Å². The maximum absolute atomic E-state index is 14.0. The zero-order valence-electron chi connectivity index (χ0n) is 45.4. The fourth-order valence-electron chi connectivity index (χ4n) is 8.95. The number of anilines is 1. The van der Waals surface area contributed by atoms with Crippen LogP contribution in [0.25, 0.3) is 44.1 Å². The van der Waals surface area contributed by atoms with Crippen LogP contribution in [-0.4, -0.2) is 130 Å². The van der Waals surface area contributed by atoms with Gasteiger partial charge in [-0.3, -0.25) is 43.7 Å². The molecule has 0 saturated carbocycles. The summed E-state index contributed by atoms with van der Waals surface area (Å²) in [5, 5.41) is 21.2. The Morgan fingerprint density at radius 2 is 1.57 bits per heavy atom. The zero-order chi connectivity index (χ0) is 59.6. The van der Waals surface area contributed by atoms with Crippen LogP contribution in [0.1, 0.15) is 53.7 Å². The highest BCUT2D eigenvalue weighted by molar-refractivity contribution is 14.1. The van der Waals surface area contributed by atoms with Crippen LogP contribution in [0.2, 0.25) is 0 Å². The molecule has 4 aromatic heterocycles. The number of nitrogens with two attached hydrogens (primary N) is 1. The quantitative estimate of drug-likeness (QED) is 0.0143. The number of hydrogen-bond donors (Lipinski definition) is 5. The number of esters is 1. The molecule has 1 aliphatic heterocycles. The molecule has 436 valence electrons. The normalized spacial score (nSPS) is 13.8. The molecule has 6 N–H and O–H groups in total. The number of nitrogens with zero attached hydrogens (tertiary/aromatic N) is 6. The summed E-state index contributed by atoms with van der Waals surface area (Å²) >= 11 is 2.24. The predicted octanol–water partition coefficient (Wildman–Crippen LogP) is 7.62. The van der Waals surface area contributed by atoms with Crippen molar-refractivity contribution >= 4 is 107 Å². The fraction of sp³-hybridized carbons (Fsp3) is 0.305. The first-order valence-corrected chi connectivity index (χ1v) is 30.1. The highest BCUT2D eigenvalue weighted by Gasteiger charge is 2.47. The third-order valence-corrected chi connectivity index (χ3v) is 16.5. The molecule has 2 atom stereocenters. The number of carbonyl (C=O) groups is 6. The fourth-order valence-corrected chi connectivity index (χ4v) is 11.6. The standard InChI is InChI=1S/C59H58F2IN11O9S2/c1-80-58-48(64)25-39(30-71-58)37-10-15-49-46(24-37)44(17-19-65-49)38-9-13-41(69-29-38)32-82-55(77)6-3-23-83-84-34-51(57(79)68-22-21-67-52(74)5-2-4-36-7-11-40(62)12-8-36)72-53(75)33-81-43-14-16-50-47(26-43)45(18-20-66-50)56(78)70-31-54(76)73-35-59(60,61)27-42(73)28-63/h7-20,24-26,29-30,42,51H,2-6,21-23,27,31-35,64H2,1H3,(H,67,74)(H,68,79)(H,70,78)(H,72,75)/t42-,51?/m0/s1. The van der Waals surface area contributed by atoms with Crippen LogP contribution in [0.15, 0.2) is 116 Å². The van der Waals surface area contributed by atoms with E-state index in [1.54, 1.807) is 36.8 Å². The van der Waals surface area contributed by atoms with Gasteiger partial charge in [-0.15, -0.1) is 0 Å². The number of rotatable bonds is 27. The molecule has 1 aliphatic rings. The van der Waals surface area contributed by atoms with Crippen molar-refractivity contribution in [3.8, 4) is 40.0 Å². The highest BCUT2D eigenvalue weighted by Crippen LogP contribution is 2.34. The van der Waals surface area contributed by atoms with Crippen molar-refractivity contribution in [2.45, 2.75) is 63.1 Å². The monoisotopic (exact) mass is 1290 g/mol. The molecule has 0 bridgehead atoms. The summed E-state index contributed by atoms with van der Waals surface area (Å²) in [4.78, 5) is 96.8. The molecule has 5 amide bonds. The maximum atomic E-state index is 14.0. The number of carbonyl (C=O) groups excluding carboxylic acids is 6. The minimum Gasteiger partial charge on any atom is -0.484 e. The van der Waals surface area contributed by atoms with Crippen molar-refractivity contribution in [3.05, 3.63) is 136 Å². The summed E-state index contributed by atoms with van der Waals surface area (Å²) in [6.45, 7) is -1.86. The van der Waals surface area contributed by atoms with Crippen LogP contribution < -0.4 is 36.5 Å². The van der Waals surface area contributed by atoms with E-state index in [2.05, 4.69) is 63.8 Å². The van der Waals surface area contributed by atoms with Crippen LogP contribution in [-0.2, 0) is 41.7 Å². The van der Waals surface area contributed by atoms with E-state index in [-0.39, 0.29) is 49.1 Å². The second kappa shape index (κ2) is 29.8. The molecule has 0 spiro atoms. The van der Waals surface area contributed by atoms with Gasteiger partial charge in [0.1, 0.15) is 24.4 Å². The Labute approximate surface area is 503 Å². The Balaban J connectivity index is 0.802. The van der Waals surface area contributed by atoms with E-state index in [1.807, 2.05) is 60.7 Å². The van der Waals surface area contributed by atoms with Gasteiger partial charge in [-0.2, -0.15) is 5.26 Å². The van der Waals surface area contributed by atoms with E-state index in [0.717, 1.165) is 53.6 Å². The molecule has 3 aromatic carbocycles. The number of halogens is 3. The SMILES string of the molecule is COc1ncc(-c2ccc3nccc(-c4ccc(COC(=O)CCCSSCC(NC(=O)COc5ccc6nccc(C(=O)NCC(=O)N7CC(F)(F)C[C@H]7C#N)c6c5)C(=O)NCCNC(=O)CCCc5ccc(I)cc5)nc4)c3c2)cc1N. The molecule has 7 aromatic rings. The number of aromatic nitrogens is 4. The van der Waals surface area contributed by atoms with Crippen molar-refractivity contribution in [2.75, 3.05) is 57.1 Å². The number of ether oxygens (including phenoxy) is 3. The molecule has 84 heavy (non-hydrogen) atoms. The van der Waals surface area contributed by atoms with Gasteiger partial charge in [0.05, 0.1) is 54.2 Å². The molecule has 1 unspecified atom stereocenters. The van der Waals surface area contributed by atoms with E-state index >= 15 is 0 Å². The predicted molar refractivity (Wildman–Crippen MR) is 323 cm³/mol. The van der Waals surface area contributed by atoms with Gasteiger partial charge in [0.2, 0.25) is 23.6 Å². The van der Waals surface area contributed by atoms with E-state index in [9.17, 15) is 42.8 Å². The van der Waals surface area contributed by atoms with Crippen LogP contribution in [0.5, 0.6) is 11.6 Å². The molecule has 1 saturated heterocycles. The molecule has 25 heteroatoms. The molecular weight excluding hydrogens is 1240 g/mol. The average Bonchev–Trinajstić information content (AvgIpc) is 4.00. The van der Waals surface area contributed by atoms with Gasteiger partial charge in [0.25, 0.3) is 17.7 Å². The Morgan fingerprint density at radius 1 is 0.821 bits per heavy atom. The lowest BCUT2D eigenvalue weighted by Crippen LogP contribution is -2.50. The van der Waals surface area contributed by atoms with Crippen LogP contribution in [0.4, 0.5) is 14.5 Å². The topological polar surface area (TPSA) is 283 Å². The van der Waals surface area contributed by atoms with E-state index in [1.165, 1.54) is 53.1 Å². The van der Waals surface area contributed by atoms with Gasteiger partial charge < -0.3 is 46.1 Å². The van der Waals surface area contributed by atoms with Gasteiger partial charge in [0, 0.05) is 94.1 Å². The van der Waals surface area contributed by atoms with E-state index in [0.29, 0.717) is 53.2 Å². The van der Waals surface area contributed by atoms with Gasteiger partial charge in [0.15, 0.2) is 6.61 Å². The molecule has 0 aliphatic carbocycles. The summed E-state index contributed by atoms with van der Waals surface area (Å²) in [6, 6.07) is 26.7. The second-order valence-corrected chi connectivity index (χ2v) is 23.2. The average molecular weight is 1290 g/mol. The number of amides is 5. The molecule has 8 rings (SSSR count). The van der Waals surface area contributed by atoms with Crippen LogP contribution in [0, 0.1) is 14.9 Å². The van der Waals surface area contributed by atoms with Gasteiger partial charge in [-0.1, -0.05) is 45.9 Å². The lowest BCUT2D eigenvalue weighted by molar-refractivity contribution is -0.145. The zero-order valence-corrected chi connectivity index (χ0v) is 49.2. The molecule has 1 fully saturated rings. The van der Waals surface area contributed by atoms with Crippen molar-refractivity contribution in [2.24, 2.45) is 0 Å². The Hall–Kier alpha value is -8.22. The first kappa shape index (κ1) is 61.8. The first-order chi connectivity index (χ1) is 40.6. The number of hydrogen-bond acceptors (Lipinski definition) is 17. The first-order valence-electron chi connectivity index (χ1n) is 26.5. The lowest BCUT2D eigenvalue weighted by atomic mass is 9.98. The molecule has 0 radical (unpaired) electrons. The largest absolute Gasteiger partial charge is 0.484 e. The Bertz CT molecular complexity index is 3560. The minimum atomic E-state index is -3.22. The van der Waals surface area contributed by atoms with Gasteiger partial charge >= 0.3 is 5.97 Å². The van der Waals surface area contributed by atoms with Crippen LogP contribution >= 0.6 is 44.2 Å². The van der Waals surface area contributed by atoms with Crippen LogP contribution in [0.3, 0.4) is 0 Å². The molecule has 5 heterocycles. The summed E-state index contributed by atoms with van der Waals surface area (Å²) in [6.07, 6.45) is 8.05. The molecule has 20 nitrogen and oxygen atoms in total. The Kier molecular flexibility index (Phi) is 22.0. The van der Waals surface area contributed by atoms with E-state index in [4.69, 9.17) is 19.9 Å². The van der Waals surface area contributed by atoms with Crippen molar-refractivity contribution < 1.29 is 51.8 Å². The van der Waals surface area contributed by atoms with Crippen molar-refractivity contribution in [1.82, 2.24) is 46.1 Å². The Morgan fingerprint density at radius 3 is 2.33 bits per heavy atom.